The Bertz CT molecular complexity index is 496. The Kier molecular flexibility index (Phi) is 5.17. The van der Waals surface area contributed by atoms with Gasteiger partial charge in [0.1, 0.15) is 0 Å². The van der Waals surface area contributed by atoms with Gasteiger partial charge in [0.15, 0.2) is 0 Å². The van der Waals surface area contributed by atoms with Crippen LogP contribution in [-0.2, 0) is 20.7 Å². The van der Waals surface area contributed by atoms with Crippen LogP contribution in [0.1, 0.15) is 18.4 Å². The Hall–Kier alpha value is -1.36. The van der Waals surface area contributed by atoms with Gasteiger partial charge in [0.05, 0.1) is 19.4 Å². The third-order valence-electron chi connectivity index (χ3n) is 3.63. The maximum Gasteiger partial charge on any atom is 0.308 e. The highest BCUT2D eigenvalue weighted by Crippen LogP contribution is 2.20. The molecule has 0 N–H and O–H groups in total. The number of carbonyl (C=O) groups is 2. The van der Waals surface area contributed by atoms with Crippen molar-refractivity contribution in [2.75, 3.05) is 20.2 Å². The number of carbonyl (C=O) groups excluding carboxylic acids is 2. The minimum Gasteiger partial charge on any atom is -0.469 e. The summed E-state index contributed by atoms with van der Waals surface area (Å²) >= 11 is 3.40. The summed E-state index contributed by atoms with van der Waals surface area (Å²) in [5.41, 5.74) is 1.000. The van der Waals surface area contributed by atoms with Gasteiger partial charge in [-0.15, -0.1) is 0 Å². The van der Waals surface area contributed by atoms with Crippen molar-refractivity contribution in [3.63, 3.8) is 0 Å². The van der Waals surface area contributed by atoms with Crippen LogP contribution in [0.15, 0.2) is 28.7 Å². The fourth-order valence-corrected chi connectivity index (χ4v) is 2.91. The summed E-state index contributed by atoms with van der Waals surface area (Å²) in [4.78, 5) is 25.5. The number of methoxy groups -OCH3 is 1. The number of rotatable bonds is 3. The molecule has 5 heteroatoms. The highest BCUT2D eigenvalue weighted by atomic mass is 79.9. The van der Waals surface area contributed by atoms with Crippen LogP contribution in [0.25, 0.3) is 0 Å². The van der Waals surface area contributed by atoms with Gasteiger partial charge in [-0.25, -0.2) is 0 Å². The number of amides is 1. The van der Waals surface area contributed by atoms with Gasteiger partial charge in [-0.1, -0.05) is 28.1 Å². The van der Waals surface area contributed by atoms with E-state index in [1.165, 1.54) is 7.11 Å². The lowest BCUT2D eigenvalue weighted by atomic mass is 9.96. The molecule has 0 atom stereocenters. The van der Waals surface area contributed by atoms with Gasteiger partial charge in [-0.05, 0) is 30.5 Å². The first-order valence-corrected chi connectivity index (χ1v) is 7.49. The van der Waals surface area contributed by atoms with E-state index in [1.807, 2.05) is 29.2 Å². The molecule has 1 saturated heterocycles. The van der Waals surface area contributed by atoms with Crippen LogP contribution in [0, 0.1) is 5.92 Å². The number of ether oxygens (including phenoxy) is 1. The fraction of sp³-hybridized carbons (Fsp3) is 0.467. The zero-order valence-corrected chi connectivity index (χ0v) is 13.1. The number of hydrogen-bond donors (Lipinski definition) is 0. The lowest BCUT2D eigenvalue weighted by Crippen LogP contribution is -2.41. The Morgan fingerprint density at radius 1 is 1.35 bits per heavy atom. The molecule has 0 unspecified atom stereocenters. The molecule has 1 heterocycles. The van der Waals surface area contributed by atoms with E-state index in [4.69, 9.17) is 4.74 Å². The zero-order chi connectivity index (χ0) is 14.5. The first-order chi connectivity index (χ1) is 9.60. The summed E-state index contributed by atoms with van der Waals surface area (Å²) < 4.78 is 5.73. The number of benzene rings is 1. The summed E-state index contributed by atoms with van der Waals surface area (Å²) in [6, 6.07) is 7.77. The van der Waals surface area contributed by atoms with Crippen LogP contribution in [0.5, 0.6) is 0 Å². The maximum atomic E-state index is 12.2. The molecule has 4 nitrogen and oxygen atoms in total. The molecule has 1 aromatic rings. The Morgan fingerprint density at radius 3 is 2.65 bits per heavy atom. The predicted octanol–water partition coefficient (Wildman–Crippen LogP) is 2.40. The van der Waals surface area contributed by atoms with E-state index in [-0.39, 0.29) is 17.8 Å². The molecule has 0 aliphatic carbocycles. The lowest BCUT2D eigenvalue weighted by molar-refractivity contribution is -0.148. The van der Waals surface area contributed by atoms with Crippen LogP contribution in [-0.4, -0.2) is 37.0 Å². The molecule has 0 saturated carbocycles. The lowest BCUT2D eigenvalue weighted by Gasteiger charge is -2.30. The Balaban J connectivity index is 1.87. The number of nitrogens with zero attached hydrogens (tertiary/aromatic N) is 1. The van der Waals surface area contributed by atoms with Crippen LogP contribution >= 0.6 is 15.9 Å². The van der Waals surface area contributed by atoms with Crippen molar-refractivity contribution in [2.45, 2.75) is 19.3 Å². The van der Waals surface area contributed by atoms with E-state index in [9.17, 15) is 9.59 Å². The second-order valence-electron chi connectivity index (χ2n) is 4.98. The number of hydrogen-bond acceptors (Lipinski definition) is 3. The second-order valence-corrected chi connectivity index (χ2v) is 5.90. The third kappa shape index (κ3) is 3.82. The normalized spacial score (nSPS) is 16.0. The molecule has 1 fully saturated rings. The van der Waals surface area contributed by atoms with Gasteiger partial charge >= 0.3 is 5.97 Å². The second kappa shape index (κ2) is 6.88. The average Bonchev–Trinajstić information content (AvgIpc) is 2.46. The molecule has 1 aliphatic heterocycles. The first kappa shape index (κ1) is 15.0. The molecule has 1 aromatic carbocycles. The minimum atomic E-state index is -0.163. The summed E-state index contributed by atoms with van der Waals surface area (Å²) in [5, 5.41) is 0. The van der Waals surface area contributed by atoms with E-state index in [1.54, 1.807) is 0 Å². The van der Waals surface area contributed by atoms with Crippen LogP contribution in [0.3, 0.4) is 0 Å². The summed E-state index contributed by atoms with van der Waals surface area (Å²) in [6.07, 6.45) is 1.79. The number of likely N-dealkylation sites (tertiary alicyclic amines) is 1. The van der Waals surface area contributed by atoms with Gasteiger partial charge in [-0.3, -0.25) is 9.59 Å². The summed E-state index contributed by atoms with van der Waals surface area (Å²) in [6.45, 7) is 1.26. The standard InChI is InChI=1S/C15H18BrNO3/c1-20-15(19)12-5-7-17(8-6-12)14(18)10-11-3-2-4-13(16)9-11/h2-4,9,12H,5-8,10H2,1H3. The van der Waals surface area contributed by atoms with E-state index in [2.05, 4.69) is 15.9 Å². The van der Waals surface area contributed by atoms with Crippen molar-refractivity contribution in [1.82, 2.24) is 4.90 Å². The molecule has 0 bridgehead atoms. The van der Waals surface area contributed by atoms with Crippen molar-refractivity contribution >= 4 is 27.8 Å². The number of piperidine rings is 1. The molecule has 0 aromatic heterocycles. The predicted molar refractivity (Wildman–Crippen MR) is 79.2 cm³/mol. The van der Waals surface area contributed by atoms with E-state index in [0.717, 1.165) is 10.0 Å². The highest BCUT2D eigenvalue weighted by Gasteiger charge is 2.27. The third-order valence-corrected chi connectivity index (χ3v) is 4.12. The monoisotopic (exact) mass is 339 g/mol. The van der Waals surface area contributed by atoms with E-state index >= 15 is 0 Å². The molecule has 1 aliphatic rings. The molecule has 0 radical (unpaired) electrons. The van der Waals surface area contributed by atoms with Crippen LogP contribution < -0.4 is 0 Å². The molecular weight excluding hydrogens is 322 g/mol. The molecule has 108 valence electrons. The SMILES string of the molecule is COC(=O)C1CCN(C(=O)Cc2cccc(Br)c2)CC1. The van der Waals surface area contributed by atoms with Crippen LogP contribution in [0.4, 0.5) is 0 Å². The van der Waals surface area contributed by atoms with E-state index < -0.39 is 0 Å². The van der Waals surface area contributed by atoms with Gasteiger partial charge in [-0.2, -0.15) is 0 Å². The van der Waals surface area contributed by atoms with Gasteiger partial charge < -0.3 is 9.64 Å². The zero-order valence-electron chi connectivity index (χ0n) is 11.5. The first-order valence-electron chi connectivity index (χ1n) is 6.70. The van der Waals surface area contributed by atoms with Crippen molar-refractivity contribution in [1.29, 1.82) is 0 Å². The average molecular weight is 340 g/mol. The Morgan fingerprint density at radius 2 is 2.05 bits per heavy atom. The highest BCUT2D eigenvalue weighted by molar-refractivity contribution is 9.10. The molecule has 0 spiro atoms. The van der Waals surface area contributed by atoms with Crippen LogP contribution in [0.2, 0.25) is 0 Å². The van der Waals surface area contributed by atoms with E-state index in [0.29, 0.717) is 32.4 Å². The molecule has 1 amide bonds. The van der Waals surface area contributed by atoms with Crippen molar-refractivity contribution in [2.24, 2.45) is 5.92 Å². The fourth-order valence-electron chi connectivity index (χ4n) is 2.46. The summed E-state index contributed by atoms with van der Waals surface area (Å²) in [7, 11) is 1.41. The summed E-state index contributed by atoms with van der Waals surface area (Å²) in [5.74, 6) is -0.106. The topological polar surface area (TPSA) is 46.6 Å². The van der Waals surface area contributed by atoms with Crippen molar-refractivity contribution in [3.05, 3.63) is 34.3 Å². The Labute approximate surface area is 127 Å². The maximum absolute atomic E-state index is 12.2. The molecular formula is C15H18BrNO3. The number of esters is 1. The quantitative estimate of drug-likeness (QED) is 0.794. The molecule has 2 rings (SSSR count). The largest absolute Gasteiger partial charge is 0.469 e. The van der Waals surface area contributed by atoms with Gasteiger partial charge in [0, 0.05) is 17.6 Å². The van der Waals surface area contributed by atoms with Gasteiger partial charge in [0.2, 0.25) is 5.91 Å². The van der Waals surface area contributed by atoms with Gasteiger partial charge in [0.25, 0.3) is 0 Å². The smallest absolute Gasteiger partial charge is 0.308 e. The number of halogens is 1. The minimum absolute atomic E-state index is 0.0603. The van der Waals surface area contributed by atoms with Crippen molar-refractivity contribution < 1.29 is 14.3 Å². The molecule has 20 heavy (non-hydrogen) atoms. The van der Waals surface area contributed by atoms with Crippen molar-refractivity contribution in [3.8, 4) is 0 Å².